The fourth-order valence-electron chi connectivity index (χ4n) is 1.97. The van der Waals surface area contributed by atoms with Crippen LogP contribution in [0.15, 0.2) is 0 Å². The summed E-state index contributed by atoms with van der Waals surface area (Å²) in [6.07, 6.45) is 17.7. The summed E-state index contributed by atoms with van der Waals surface area (Å²) < 4.78 is 0. The van der Waals surface area contributed by atoms with Crippen molar-refractivity contribution in [2.75, 3.05) is 0 Å². The van der Waals surface area contributed by atoms with Crippen LogP contribution in [0.1, 0.15) is 130 Å². The van der Waals surface area contributed by atoms with E-state index in [4.69, 9.17) is 0 Å². The van der Waals surface area contributed by atoms with Gasteiger partial charge >= 0.3 is 23.9 Å². The average Bonchev–Trinajstić information content (AvgIpc) is 2.64. The van der Waals surface area contributed by atoms with E-state index in [1.165, 1.54) is 64.2 Å². The number of carboxylic acids is 2. The Balaban J connectivity index is -0.0000000881. The molecule has 0 rings (SSSR count). The molecule has 4 radical (unpaired) electrons. The molecule has 0 aromatic heterocycles. The summed E-state index contributed by atoms with van der Waals surface area (Å²) in [6, 6.07) is 0. The second kappa shape index (κ2) is 42.0. The fourth-order valence-corrected chi connectivity index (χ4v) is 1.97. The molecule has 0 atom stereocenters. The molecule has 0 aromatic carbocycles. The second-order valence-electron chi connectivity index (χ2n) is 6.78. The van der Waals surface area contributed by atoms with Crippen molar-refractivity contribution in [3.8, 4) is 0 Å². The molecule has 0 fully saturated rings. The predicted molar refractivity (Wildman–Crippen MR) is 123 cm³/mol. The molecule has 0 saturated carbocycles. The summed E-state index contributed by atoms with van der Waals surface area (Å²) in [5, 5.41) is 19.0. The maximum absolute atomic E-state index is 9.49. The zero-order valence-electron chi connectivity index (χ0n) is 19.9. The molecule has 0 aromatic rings. The number of carbonyl (C=O) groups is 2. The van der Waals surface area contributed by atoms with Gasteiger partial charge in [-0.1, -0.05) is 131 Å². The van der Waals surface area contributed by atoms with E-state index in [9.17, 15) is 19.8 Å². The number of carboxylic acid groups (broad SMARTS) is 2. The Kier molecular flexibility index (Phi) is 56.8. The van der Waals surface area contributed by atoms with Crippen LogP contribution in [-0.2, 0) is 9.59 Å². The van der Waals surface area contributed by atoms with E-state index in [1.807, 2.05) is 0 Å². The molecule has 0 saturated heterocycles. The van der Waals surface area contributed by atoms with Gasteiger partial charge in [0.25, 0.3) is 0 Å². The van der Waals surface area contributed by atoms with Crippen LogP contribution in [0.25, 0.3) is 0 Å². The van der Waals surface area contributed by atoms with Gasteiger partial charge < -0.3 is 19.8 Å². The van der Waals surface area contributed by atoms with Crippen molar-refractivity contribution in [3.63, 3.8) is 0 Å². The Bertz CT molecular complexity index is 244. The number of rotatable bonds is 14. The minimum Gasteiger partial charge on any atom is -0.550 e. The summed E-state index contributed by atoms with van der Waals surface area (Å²) in [6.45, 7) is 15.6. The quantitative estimate of drug-likeness (QED) is 0.238. The molecule has 5 heteroatoms. The van der Waals surface area contributed by atoms with E-state index in [-0.39, 0.29) is 36.7 Å². The van der Waals surface area contributed by atoms with Crippen molar-refractivity contribution < 1.29 is 19.8 Å². The molecule has 0 aliphatic carbocycles. The fraction of sp³-hybridized carbons (Fsp3) is 0.833. The molecule has 0 aliphatic heterocycles. The summed E-state index contributed by atoms with van der Waals surface area (Å²) >= 11 is 0. The Morgan fingerprint density at radius 3 is 0.966 bits per heavy atom. The van der Waals surface area contributed by atoms with Crippen LogP contribution < -0.4 is 10.2 Å². The molecule has 0 heterocycles. The van der Waals surface area contributed by atoms with Gasteiger partial charge in [0.2, 0.25) is 0 Å². The zero-order valence-corrected chi connectivity index (χ0v) is 22.7. The standard InChI is InChI=1S/2C8H17.2C4H8O2.Sn/c2*1-3-5-7-8-6-4-2;2*1-2-3-4(5)6;/h2*1,3-8H2,2H3;2*2-3H2,1H3,(H,5,6);/q;;;;+2/p-2. The molecule has 0 spiro atoms. The van der Waals surface area contributed by atoms with E-state index in [2.05, 4.69) is 27.7 Å². The van der Waals surface area contributed by atoms with Crippen LogP contribution in [0.5, 0.6) is 0 Å². The summed E-state index contributed by atoms with van der Waals surface area (Å²) in [5.41, 5.74) is 0. The van der Waals surface area contributed by atoms with Crippen molar-refractivity contribution in [2.24, 2.45) is 0 Å². The van der Waals surface area contributed by atoms with E-state index >= 15 is 0 Å². The third-order valence-corrected chi connectivity index (χ3v) is 3.62. The first-order valence-electron chi connectivity index (χ1n) is 11.4. The molecule has 0 amide bonds. The van der Waals surface area contributed by atoms with Crippen LogP contribution in [-0.4, -0.2) is 35.8 Å². The van der Waals surface area contributed by atoms with Crippen LogP contribution in [0.4, 0.5) is 0 Å². The van der Waals surface area contributed by atoms with Crippen LogP contribution >= 0.6 is 0 Å². The Morgan fingerprint density at radius 2 is 0.828 bits per heavy atom. The van der Waals surface area contributed by atoms with Gasteiger partial charge in [-0.25, -0.2) is 0 Å². The molecular weight excluding hydrogens is 471 g/mol. The van der Waals surface area contributed by atoms with E-state index in [0.29, 0.717) is 12.8 Å². The number of hydrogen-bond acceptors (Lipinski definition) is 4. The monoisotopic (exact) mass is 520 g/mol. The van der Waals surface area contributed by atoms with Crippen molar-refractivity contribution in [1.82, 2.24) is 0 Å². The van der Waals surface area contributed by atoms with Crippen LogP contribution in [0, 0.1) is 13.8 Å². The number of hydrogen-bond donors (Lipinski definition) is 0. The van der Waals surface area contributed by atoms with E-state index in [1.54, 1.807) is 13.8 Å². The predicted octanol–water partition coefficient (Wildman–Crippen LogP) is 5.05. The van der Waals surface area contributed by atoms with Crippen molar-refractivity contribution >= 4 is 35.8 Å². The van der Waals surface area contributed by atoms with Crippen molar-refractivity contribution in [1.29, 1.82) is 0 Å². The largest absolute Gasteiger partial charge is 2.00 e. The molecule has 4 nitrogen and oxygen atoms in total. The first-order chi connectivity index (χ1) is 13.4. The van der Waals surface area contributed by atoms with Gasteiger partial charge in [0.15, 0.2) is 0 Å². The van der Waals surface area contributed by atoms with Gasteiger partial charge in [0.05, 0.1) is 0 Å². The normalized spacial score (nSPS) is 8.76. The van der Waals surface area contributed by atoms with Gasteiger partial charge in [0.1, 0.15) is 0 Å². The molecule has 0 N–H and O–H groups in total. The average molecular weight is 519 g/mol. The van der Waals surface area contributed by atoms with Crippen LogP contribution in [0.2, 0.25) is 0 Å². The number of aliphatic carboxylic acids is 2. The molecule has 29 heavy (non-hydrogen) atoms. The smallest absolute Gasteiger partial charge is 0.550 e. The summed E-state index contributed by atoms with van der Waals surface area (Å²) in [7, 11) is 0. The third-order valence-electron chi connectivity index (χ3n) is 3.62. The third kappa shape index (κ3) is 74.2. The van der Waals surface area contributed by atoms with Gasteiger partial charge in [-0.2, -0.15) is 0 Å². The molecule has 0 bridgehead atoms. The van der Waals surface area contributed by atoms with Gasteiger partial charge in [-0.3, -0.25) is 0 Å². The zero-order chi connectivity index (χ0) is 22.5. The Morgan fingerprint density at radius 1 is 0.552 bits per heavy atom. The minimum atomic E-state index is -0.961. The first-order valence-corrected chi connectivity index (χ1v) is 11.4. The SMILES string of the molecule is CCCC(=O)[O-].CCCC(=O)[O-].[CH2]CCCCCCC.[CH2]CCCCCCC.[Sn+2]. The maximum atomic E-state index is 9.49. The summed E-state index contributed by atoms with van der Waals surface area (Å²) in [5.74, 6) is -1.92. The topological polar surface area (TPSA) is 80.3 Å². The molecule has 0 unspecified atom stereocenters. The molecule has 172 valence electrons. The first kappa shape index (κ1) is 39.2. The second-order valence-corrected chi connectivity index (χ2v) is 6.78. The van der Waals surface area contributed by atoms with Crippen LogP contribution in [0.3, 0.4) is 0 Å². The van der Waals surface area contributed by atoms with Gasteiger partial charge in [-0.05, 0) is 12.8 Å². The maximum Gasteiger partial charge on any atom is 2.00 e. The van der Waals surface area contributed by atoms with Crippen molar-refractivity contribution in [3.05, 3.63) is 13.8 Å². The summed E-state index contributed by atoms with van der Waals surface area (Å²) in [4.78, 5) is 19.0. The van der Waals surface area contributed by atoms with Gasteiger partial charge in [0, 0.05) is 11.9 Å². The number of carbonyl (C=O) groups excluding carboxylic acids is 2. The van der Waals surface area contributed by atoms with E-state index in [0.717, 1.165) is 12.8 Å². The van der Waals surface area contributed by atoms with Gasteiger partial charge in [-0.15, -0.1) is 0 Å². The molecular formula is C24H48O4Sn. The Hall–Kier alpha value is -0.261. The number of unbranched alkanes of at least 4 members (excludes halogenated alkanes) is 10. The Labute approximate surface area is 199 Å². The van der Waals surface area contributed by atoms with E-state index < -0.39 is 11.9 Å². The molecule has 0 aliphatic rings. The van der Waals surface area contributed by atoms with Crippen molar-refractivity contribution in [2.45, 2.75) is 130 Å². The minimum absolute atomic E-state index is 0.